The maximum atomic E-state index is 11.9. The van der Waals surface area contributed by atoms with Gasteiger partial charge in [-0.2, -0.15) is 5.10 Å². The number of nitrogens with zero attached hydrogens (tertiary/aromatic N) is 2. The molecule has 2 aromatic rings. The van der Waals surface area contributed by atoms with Crippen molar-refractivity contribution in [1.82, 2.24) is 15.4 Å². The lowest BCUT2D eigenvalue weighted by Crippen LogP contribution is -2.13. The second kappa shape index (κ2) is 5.01. The summed E-state index contributed by atoms with van der Waals surface area (Å²) in [5.74, 6) is 0.627. The first kappa shape index (κ1) is 12.3. The van der Waals surface area contributed by atoms with Gasteiger partial charge in [0.15, 0.2) is 17.3 Å². The Kier molecular flexibility index (Phi) is 3.42. The fourth-order valence-corrected chi connectivity index (χ4v) is 1.41. The van der Waals surface area contributed by atoms with Gasteiger partial charge in [0.1, 0.15) is 6.61 Å². The van der Waals surface area contributed by atoms with Gasteiger partial charge in [0.2, 0.25) is 0 Å². The Morgan fingerprint density at radius 3 is 2.94 bits per heavy atom. The lowest BCUT2D eigenvalue weighted by atomic mass is 10.2. The molecule has 0 spiro atoms. The highest BCUT2D eigenvalue weighted by Crippen LogP contribution is 2.15. The molecule has 0 aromatic carbocycles. The molecule has 0 saturated heterocycles. The van der Waals surface area contributed by atoms with E-state index in [1.54, 1.807) is 0 Å². The van der Waals surface area contributed by atoms with Gasteiger partial charge in [-0.05, 0) is 13.8 Å². The lowest BCUT2D eigenvalue weighted by molar-refractivity contribution is 0.101. The van der Waals surface area contributed by atoms with E-state index in [1.807, 2.05) is 13.8 Å². The molecule has 2 aromatic heterocycles. The molecule has 0 atom stereocenters. The number of aromatic nitrogens is 3. The summed E-state index contributed by atoms with van der Waals surface area (Å²) in [5.41, 5.74) is 2.00. The van der Waals surface area contributed by atoms with Crippen LogP contribution >= 0.6 is 0 Å². The minimum absolute atomic E-state index is 0.196. The summed E-state index contributed by atoms with van der Waals surface area (Å²) in [4.78, 5) is 11.9. The standard InChI is InChI=1S/C11H14N4O3/c1-6-7(2)13-14-10(6)12-11(16)9-4-8(5-17-3)18-15-9/h4H,5H2,1-3H3,(H2,12,13,14,16). The lowest BCUT2D eigenvalue weighted by Gasteiger charge is -1.99. The third-order valence-electron chi connectivity index (χ3n) is 2.56. The maximum Gasteiger partial charge on any atom is 0.279 e. The molecule has 96 valence electrons. The summed E-state index contributed by atoms with van der Waals surface area (Å²) in [6.45, 7) is 4.03. The average Bonchev–Trinajstić information content (AvgIpc) is 2.92. The molecule has 0 radical (unpaired) electrons. The molecule has 7 heteroatoms. The molecule has 2 heterocycles. The minimum Gasteiger partial charge on any atom is -0.377 e. The van der Waals surface area contributed by atoms with Gasteiger partial charge >= 0.3 is 0 Å². The van der Waals surface area contributed by atoms with Crippen LogP contribution in [0.4, 0.5) is 5.82 Å². The molecule has 0 aliphatic carbocycles. The van der Waals surface area contributed by atoms with Crippen molar-refractivity contribution < 1.29 is 14.1 Å². The first-order valence-electron chi connectivity index (χ1n) is 5.39. The highest BCUT2D eigenvalue weighted by molar-refractivity contribution is 6.02. The molecule has 0 saturated carbocycles. The number of methoxy groups -OCH3 is 1. The number of H-pyrrole nitrogens is 1. The van der Waals surface area contributed by atoms with Crippen molar-refractivity contribution >= 4 is 11.7 Å². The zero-order valence-corrected chi connectivity index (χ0v) is 10.4. The van der Waals surface area contributed by atoms with Gasteiger partial charge in [-0.1, -0.05) is 5.16 Å². The molecule has 2 rings (SSSR count). The van der Waals surface area contributed by atoms with Crippen molar-refractivity contribution in [2.75, 3.05) is 12.4 Å². The van der Waals surface area contributed by atoms with Crippen LogP contribution in [0.25, 0.3) is 0 Å². The topological polar surface area (TPSA) is 93.0 Å². The summed E-state index contributed by atoms with van der Waals surface area (Å²) in [7, 11) is 1.54. The number of aryl methyl sites for hydroxylation is 1. The van der Waals surface area contributed by atoms with E-state index >= 15 is 0 Å². The number of carbonyl (C=O) groups excluding carboxylic acids is 1. The molecule has 0 bridgehead atoms. The van der Waals surface area contributed by atoms with Crippen LogP contribution in [0, 0.1) is 13.8 Å². The number of anilines is 1. The Hall–Kier alpha value is -2.15. The predicted molar refractivity (Wildman–Crippen MR) is 63.2 cm³/mol. The molecule has 18 heavy (non-hydrogen) atoms. The van der Waals surface area contributed by atoms with Gasteiger partial charge < -0.3 is 14.6 Å². The quantitative estimate of drug-likeness (QED) is 0.855. The van der Waals surface area contributed by atoms with E-state index in [0.717, 1.165) is 11.3 Å². The number of rotatable bonds is 4. The first-order valence-corrected chi connectivity index (χ1v) is 5.39. The average molecular weight is 250 g/mol. The van der Waals surface area contributed by atoms with E-state index in [4.69, 9.17) is 9.26 Å². The number of nitrogens with one attached hydrogen (secondary N) is 2. The molecule has 2 N–H and O–H groups in total. The third-order valence-corrected chi connectivity index (χ3v) is 2.56. The molecule has 0 fully saturated rings. The van der Waals surface area contributed by atoms with E-state index in [2.05, 4.69) is 20.7 Å². The smallest absolute Gasteiger partial charge is 0.279 e. The molecular weight excluding hydrogens is 236 g/mol. The van der Waals surface area contributed by atoms with E-state index in [0.29, 0.717) is 11.6 Å². The third kappa shape index (κ3) is 2.40. The largest absolute Gasteiger partial charge is 0.377 e. The summed E-state index contributed by atoms with van der Waals surface area (Å²) in [6.07, 6.45) is 0. The van der Waals surface area contributed by atoms with Crippen molar-refractivity contribution in [2.45, 2.75) is 20.5 Å². The van der Waals surface area contributed by atoms with Crippen LogP contribution in [0.3, 0.4) is 0 Å². The zero-order chi connectivity index (χ0) is 13.1. The zero-order valence-electron chi connectivity index (χ0n) is 10.4. The Morgan fingerprint density at radius 2 is 2.33 bits per heavy atom. The number of aromatic amines is 1. The van der Waals surface area contributed by atoms with E-state index in [9.17, 15) is 4.79 Å². The Balaban J connectivity index is 2.09. The highest BCUT2D eigenvalue weighted by Gasteiger charge is 2.15. The summed E-state index contributed by atoms with van der Waals surface area (Å²) >= 11 is 0. The number of hydrogen-bond acceptors (Lipinski definition) is 5. The highest BCUT2D eigenvalue weighted by atomic mass is 16.5. The Morgan fingerprint density at radius 1 is 1.56 bits per heavy atom. The molecular formula is C11H14N4O3. The van der Waals surface area contributed by atoms with Crippen LogP contribution in [-0.2, 0) is 11.3 Å². The fraction of sp³-hybridized carbons (Fsp3) is 0.364. The van der Waals surface area contributed by atoms with Gasteiger partial charge in [-0.3, -0.25) is 9.89 Å². The van der Waals surface area contributed by atoms with Gasteiger partial charge in [-0.25, -0.2) is 0 Å². The van der Waals surface area contributed by atoms with Crippen molar-refractivity contribution in [2.24, 2.45) is 0 Å². The van der Waals surface area contributed by atoms with Crippen LogP contribution in [0.1, 0.15) is 27.5 Å². The second-order valence-electron chi connectivity index (χ2n) is 3.89. The monoisotopic (exact) mass is 250 g/mol. The molecule has 1 amide bonds. The van der Waals surface area contributed by atoms with E-state index in [-0.39, 0.29) is 18.2 Å². The van der Waals surface area contributed by atoms with Crippen molar-refractivity contribution in [3.63, 3.8) is 0 Å². The molecule has 0 aliphatic heterocycles. The van der Waals surface area contributed by atoms with Crippen molar-refractivity contribution in [1.29, 1.82) is 0 Å². The molecule has 0 unspecified atom stereocenters. The number of hydrogen-bond donors (Lipinski definition) is 2. The van der Waals surface area contributed by atoms with Gasteiger partial charge in [-0.15, -0.1) is 0 Å². The van der Waals surface area contributed by atoms with Gasteiger partial charge in [0, 0.05) is 24.4 Å². The Labute approximate surface area is 104 Å². The summed E-state index contributed by atoms with van der Waals surface area (Å²) in [6, 6.07) is 1.54. The molecule has 7 nitrogen and oxygen atoms in total. The maximum absolute atomic E-state index is 11.9. The fourth-order valence-electron chi connectivity index (χ4n) is 1.41. The van der Waals surface area contributed by atoms with Crippen LogP contribution in [0.5, 0.6) is 0 Å². The predicted octanol–water partition coefficient (Wildman–Crippen LogP) is 1.41. The van der Waals surface area contributed by atoms with Gasteiger partial charge in [0.25, 0.3) is 5.91 Å². The number of amides is 1. The van der Waals surface area contributed by atoms with Crippen molar-refractivity contribution in [3.8, 4) is 0 Å². The number of carbonyl (C=O) groups is 1. The van der Waals surface area contributed by atoms with Crippen molar-refractivity contribution in [3.05, 3.63) is 28.8 Å². The van der Waals surface area contributed by atoms with Crippen LogP contribution < -0.4 is 5.32 Å². The SMILES string of the molecule is COCc1cc(C(=O)Nc2n[nH]c(C)c2C)no1. The first-order chi connectivity index (χ1) is 8.61. The van der Waals surface area contributed by atoms with Crippen LogP contribution in [-0.4, -0.2) is 28.4 Å². The second-order valence-corrected chi connectivity index (χ2v) is 3.89. The summed E-state index contributed by atoms with van der Waals surface area (Å²) < 4.78 is 9.81. The Bertz CT molecular complexity index is 558. The van der Waals surface area contributed by atoms with E-state index in [1.165, 1.54) is 13.2 Å². The van der Waals surface area contributed by atoms with Gasteiger partial charge in [0.05, 0.1) is 0 Å². The normalized spacial score (nSPS) is 10.6. The summed E-state index contributed by atoms with van der Waals surface area (Å²) in [5, 5.41) is 13.1. The minimum atomic E-state index is -0.365. The van der Waals surface area contributed by atoms with Crippen LogP contribution in [0.15, 0.2) is 10.6 Å². The van der Waals surface area contributed by atoms with Crippen LogP contribution in [0.2, 0.25) is 0 Å². The van der Waals surface area contributed by atoms with E-state index < -0.39 is 0 Å². The number of ether oxygens (including phenoxy) is 1. The molecule has 0 aliphatic rings.